The predicted molar refractivity (Wildman–Crippen MR) is 114 cm³/mol. The van der Waals surface area contributed by atoms with E-state index >= 15 is 0 Å². The van der Waals surface area contributed by atoms with E-state index in [1.807, 2.05) is 0 Å². The average Bonchev–Trinajstić information content (AvgIpc) is 2.72. The van der Waals surface area contributed by atoms with Crippen LogP contribution in [0.2, 0.25) is 0 Å². The van der Waals surface area contributed by atoms with E-state index in [-0.39, 0.29) is 23.8 Å². The number of hydrogen-bond acceptors (Lipinski definition) is 6. The third kappa shape index (κ3) is 4.89. The van der Waals surface area contributed by atoms with E-state index in [9.17, 15) is 23.8 Å². The van der Waals surface area contributed by atoms with Gasteiger partial charge in [-0.3, -0.25) is 4.79 Å². The van der Waals surface area contributed by atoms with Crippen molar-refractivity contribution in [2.75, 3.05) is 17.7 Å². The molecule has 0 saturated heterocycles. The summed E-state index contributed by atoms with van der Waals surface area (Å²) in [5.74, 6) is -1.84. The van der Waals surface area contributed by atoms with Gasteiger partial charge in [-0.15, -0.1) is 0 Å². The summed E-state index contributed by atoms with van der Waals surface area (Å²) in [6.07, 6.45) is -1.14. The summed E-state index contributed by atoms with van der Waals surface area (Å²) in [5.41, 5.74) is 7.96. The number of nitrogens with two attached hydrogens (primary N) is 1. The number of phenols is 1. The first-order chi connectivity index (χ1) is 14.7. The van der Waals surface area contributed by atoms with Gasteiger partial charge in [0.05, 0.1) is 11.4 Å². The molecule has 0 radical (unpaired) electrons. The Balaban J connectivity index is 1.89. The van der Waals surface area contributed by atoms with Crippen molar-refractivity contribution in [3.05, 3.63) is 65.7 Å². The Morgan fingerprint density at radius 1 is 1.19 bits per heavy atom. The summed E-state index contributed by atoms with van der Waals surface area (Å²) < 4.78 is 27.4. The number of aromatic hydroxyl groups is 1. The number of benzene rings is 2. The van der Waals surface area contributed by atoms with E-state index in [1.165, 1.54) is 24.0 Å². The average molecular weight is 428 g/mol. The van der Waals surface area contributed by atoms with E-state index in [0.717, 1.165) is 12.1 Å². The van der Waals surface area contributed by atoms with Crippen LogP contribution in [-0.2, 0) is 11.3 Å². The zero-order chi connectivity index (χ0) is 22.7. The van der Waals surface area contributed by atoms with Gasteiger partial charge in [0.15, 0.2) is 0 Å². The maximum absolute atomic E-state index is 14.2. The van der Waals surface area contributed by atoms with E-state index in [4.69, 9.17) is 5.73 Å². The number of aliphatic hydroxyl groups is 1. The van der Waals surface area contributed by atoms with Gasteiger partial charge in [-0.05, 0) is 43.3 Å². The molecule has 3 rings (SSSR count). The molecule has 3 aromatic rings. The van der Waals surface area contributed by atoms with E-state index in [0.29, 0.717) is 22.5 Å². The van der Waals surface area contributed by atoms with Crippen LogP contribution in [0.15, 0.2) is 48.5 Å². The van der Waals surface area contributed by atoms with Crippen LogP contribution in [0.1, 0.15) is 12.5 Å². The van der Waals surface area contributed by atoms with E-state index in [2.05, 4.69) is 10.3 Å². The Morgan fingerprint density at radius 3 is 2.58 bits per heavy atom. The number of anilines is 3. The maximum Gasteiger partial charge on any atom is 0.248 e. The van der Waals surface area contributed by atoms with Gasteiger partial charge in [-0.2, -0.15) is 0 Å². The number of hydrogen-bond donors (Lipinski definition) is 4. The molecule has 0 bridgehead atoms. The van der Waals surface area contributed by atoms with Crippen molar-refractivity contribution >= 4 is 23.1 Å². The molecule has 1 aromatic heterocycles. The van der Waals surface area contributed by atoms with Crippen molar-refractivity contribution in [1.82, 2.24) is 10.3 Å². The SMILES string of the molecule is C[C@H](O)C(=O)NCc1ccc(-c2cc(N(C)c3ccc(F)cc3F)ccc2O)nc1N. The first-order valence-corrected chi connectivity index (χ1v) is 9.40. The van der Waals surface area contributed by atoms with Gasteiger partial charge >= 0.3 is 0 Å². The number of aliphatic hydroxyl groups excluding tert-OH is 1. The second-order valence-electron chi connectivity index (χ2n) is 6.99. The van der Waals surface area contributed by atoms with Gasteiger partial charge in [0.1, 0.15) is 29.3 Å². The molecule has 1 heterocycles. The summed E-state index contributed by atoms with van der Waals surface area (Å²) in [6, 6.07) is 11.2. The minimum atomic E-state index is -1.14. The zero-order valence-electron chi connectivity index (χ0n) is 16.9. The van der Waals surface area contributed by atoms with Gasteiger partial charge in [-0.25, -0.2) is 13.8 Å². The molecule has 0 fully saturated rings. The van der Waals surface area contributed by atoms with Crippen LogP contribution in [0.25, 0.3) is 11.3 Å². The number of carbonyl (C=O) groups excluding carboxylic acids is 1. The van der Waals surface area contributed by atoms with Crippen molar-refractivity contribution in [1.29, 1.82) is 0 Å². The molecule has 1 amide bonds. The molecular weight excluding hydrogens is 406 g/mol. The van der Waals surface area contributed by atoms with E-state index in [1.54, 1.807) is 31.3 Å². The molecule has 31 heavy (non-hydrogen) atoms. The second-order valence-corrected chi connectivity index (χ2v) is 6.99. The molecule has 5 N–H and O–H groups in total. The fourth-order valence-electron chi connectivity index (χ4n) is 2.96. The fourth-order valence-corrected chi connectivity index (χ4v) is 2.96. The van der Waals surface area contributed by atoms with Gasteiger partial charge in [0, 0.05) is 36.5 Å². The zero-order valence-corrected chi connectivity index (χ0v) is 16.9. The molecule has 0 unspecified atom stereocenters. The van der Waals surface area contributed by atoms with Crippen LogP contribution in [-0.4, -0.2) is 34.3 Å². The van der Waals surface area contributed by atoms with Gasteiger partial charge in [0.2, 0.25) is 5.91 Å². The summed E-state index contributed by atoms with van der Waals surface area (Å²) in [7, 11) is 1.61. The van der Waals surface area contributed by atoms with Crippen molar-refractivity contribution in [3.63, 3.8) is 0 Å². The fraction of sp³-hybridized carbons (Fsp3) is 0.182. The number of carbonyl (C=O) groups is 1. The summed E-state index contributed by atoms with van der Waals surface area (Å²) in [4.78, 5) is 17.3. The molecule has 2 aromatic carbocycles. The standard InChI is InChI=1S/C22H22F2N4O3/c1-12(29)22(31)26-11-13-3-6-18(27-21(13)25)16-10-15(5-8-20(16)30)28(2)19-7-4-14(23)9-17(19)24/h3-10,12,29-30H,11H2,1-2H3,(H2,25,27)(H,26,31)/t12-/m0/s1. The minimum Gasteiger partial charge on any atom is -0.507 e. The second kappa shape index (κ2) is 8.97. The highest BCUT2D eigenvalue weighted by atomic mass is 19.1. The Hall–Kier alpha value is -3.72. The third-order valence-electron chi connectivity index (χ3n) is 4.76. The van der Waals surface area contributed by atoms with Crippen LogP contribution in [0.4, 0.5) is 26.0 Å². The minimum absolute atomic E-state index is 0.0567. The first kappa shape index (κ1) is 22.0. The maximum atomic E-state index is 14.2. The van der Waals surface area contributed by atoms with Crippen LogP contribution in [0.5, 0.6) is 5.75 Å². The van der Waals surface area contributed by atoms with Crippen LogP contribution in [0.3, 0.4) is 0 Å². The van der Waals surface area contributed by atoms with Crippen molar-refractivity contribution in [3.8, 4) is 17.0 Å². The molecule has 1 atom stereocenters. The van der Waals surface area contributed by atoms with Gasteiger partial charge < -0.3 is 26.2 Å². The first-order valence-electron chi connectivity index (χ1n) is 9.40. The number of aromatic nitrogens is 1. The lowest BCUT2D eigenvalue weighted by molar-refractivity contribution is -0.128. The number of phenolic OH excluding ortho intramolecular Hbond substituents is 1. The van der Waals surface area contributed by atoms with Crippen LogP contribution < -0.4 is 16.0 Å². The number of pyridine rings is 1. The van der Waals surface area contributed by atoms with Crippen molar-refractivity contribution in [2.24, 2.45) is 0 Å². The quantitative estimate of drug-likeness (QED) is 0.480. The topological polar surface area (TPSA) is 112 Å². The van der Waals surface area contributed by atoms with Crippen molar-refractivity contribution in [2.45, 2.75) is 19.6 Å². The van der Waals surface area contributed by atoms with Crippen LogP contribution in [0, 0.1) is 11.6 Å². The largest absolute Gasteiger partial charge is 0.507 e. The lowest BCUT2D eigenvalue weighted by Gasteiger charge is -2.21. The molecule has 162 valence electrons. The number of amides is 1. The summed E-state index contributed by atoms with van der Waals surface area (Å²) >= 11 is 0. The number of nitrogen functional groups attached to an aromatic ring is 1. The molecule has 9 heteroatoms. The Kier molecular flexibility index (Phi) is 6.36. The highest BCUT2D eigenvalue weighted by molar-refractivity contribution is 5.80. The Morgan fingerprint density at radius 2 is 1.94 bits per heavy atom. The lowest BCUT2D eigenvalue weighted by Crippen LogP contribution is -2.32. The molecule has 0 spiro atoms. The summed E-state index contributed by atoms with van der Waals surface area (Å²) in [5, 5.41) is 22.1. The van der Waals surface area contributed by atoms with Gasteiger partial charge in [0.25, 0.3) is 0 Å². The predicted octanol–water partition coefficient (Wildman–Crippen LogP) is 3.08. The lowest BCUT2D eigenvalue weighted by atomic mass is 10.1. The normalized spacial score (nSPS) is 11.8. The molecule has 0 aliphatic rings. The number of halogens is 2. The molecule has 0 aliphatic carbocycles. The number of nitrogens with one attached hydrogen (secondary N) is 1. The highest BCUT2D eigenvalue weighted by Gasteiger charge is 2.15. The molecule has 0 aliphatic heterocycles. The van der Waals surface area contributed by atoms with Crippen molar-refractivity contribution < 1.29 is 23.8 Å². The number of rotatable bonds is 6. The molecular formula is C22H22F2N4O3. The Bertz CT molecular complexity index is 1120. The Labute approximate surface area is 177 Å². The van der Waals surface area contributed by atoms with Crippen LogP contribution >= 0.6 is 0 Å². The monoisotopic (exact) mass is 428 g/mol. The third-order valence-corrected chi connectivity index (χ3v) is 4.76. The smallest absolute Gasteiger partial charge is 0.248 e. The number of nitrogens with zero attached hydrogens (tertiary/aromatic N) is 2. The summed E-state index contributed by atoms with van der Waals surface area (Å²) in [6.45, 7) is 1.44. The van der Waals surface area contributed by atoms with E-state index < -0.39 is 23.6 Å². The highest BCUT2D eigenvalue weighted by Crippen LogP contribution is 2.35. The molecule has 7 nitrogen and oxygen atoms in total. The van der Waals surface area contributed by atoms with Gasteiger partial charge in [-0.1, -0.05) is 6.07 Å². The molecule has 0 saturated carbocycles.